The molecular formula is C20H24N2O3. The third kappa shape index (κ3) is 5.08. The third-order valence-electron chi connectivity index (χ3n) is 3.94. The summed E-state index contributed by atoms with van der Waals surface area (Å²) in [6.45, 7) is 3.92. The van der Waals surface area contributed by atoms with Crippen molar-refractivity contribution < 1.29 is 14.3 Å². The number of rotatable bonds is 7. The van der Waals surface area contributed by atoms with Gasteiger partial charge < -0.3 is 9.47 Å². The molecule has 0 heterocycles. The number of hydrogen-bond acceptors (Lipinski definition) is 4. The van der Waals surface area contributed by atoms with E-state index in [0.717, 1.165) is 17.5 Å². The number of benzene rings is 2. The van der Waals surface area contributed by atoms with E-state index in [0.29, 0.717) is 23.6 Å². The average molecular weight is 340 g/mol. The van der Waals surface area contributed by atoms with Gasteiger partial charge in [-0.05, 0) is 36.6 Å². The van der Waals surface area contributed by atoms with Gasteiger partial charge in [-0.25, -0.2) is 5.43 Å². The molecule has 1 amide bonds. The van der Waals surface area contributed by atoms with Crippen LogP contribution >= 0.6 is 0 Å². The Kier molecular flexibility index (Phi) is 6.57. The fourth-order valence-corrected chi connectivity index (χ4v) is 2.42. The van der Waals surface area contributed by atoms with Crippen LogP contribution in [0, 0.1) is 0 Å². The highest BCUT2D eigenvalue weighted by Crippen LogP contribution is 2.25. The van der Waals surface area contributed by atoms with Crippen LogP contribution in [-0.4, -0.2) is 25.8 Å². The van der Waals surface area contributed by atoms with Crippen molar-refractivity contribution in [2.75, 3.05) is 14.2 Å². The third-order valence-corrected chi connectivity index (χ3v) is 3.94. The fourth-order valence-electron chi connectivity index (χ4n) is 2.42. The lowest BCUT2D eigenvalue weighted by molar-refractivity contribution is -0.120. The van der Waals surface area contributed by atoms with E-state index in [-0.39, 0.29) is 5.91 Å². The number of hydrogen-bond donors (Lipinski definition) is 1. The van der Waals surface area contributed by atoms with E-state index >= 15 is 0 Å². The first-order valence-corrected chi connectivity index (χ1v) is 8.20. The smallest absolute Gasteiger partial charge is 0.244 e. The maximum Gasteiger partial charge on any atom is 0.244 e. The minimum atomic E-state index is -0.156. The second-order valence-electron chi connectivity index (χ2n) is 5.65. The summed E-state index contributed by atoms with van der Waals surface area (Å²) in [7, 11) is 3.19. The summed E-state index contributed by atoms with van der Waals surface area (Å²) >= 11 is 0. The molecule has 5 nitrogen and oxygen atoms in total. The van der Waals surface area contributed by atoms with E-state index < -0.39 is 0 Å². The van der Waals surface area contributed by atoms with Crippen LogP contribution in [0.5, 0.6) is 11.5 Å². The molecule has 25 heavy (non-hydrogen) atoms. The summed E-state index contributed by atoms with van der Waals surface area (Å²) in [5, 5.41) is 4.18. The molecule has 0 atom stereocenters. The van der Waals surface area contributed by atoms with Crippen molar-refractivity contribution in [2.45, 2.75) is 26.7 Å². The van der Waals surface area contributed by atoms with Gasteiger partial charge in [0, 0.05) is 11.6 Å². The van der Waals surface area contributed by atoms with Crippen LogP contribution in [0.1, 0.15) is 30.5 Å². The largest absolute Gasteiger partial charge is 0.497 e. The highest BCUT2D eigenvalue weighted by Gasteiger charge is 2.09. The van der Waals surface area contributed by atoms with Crippen molar-refractivity contribution in [3.05, 3.63) is 59.2 Å². The van der Waals surface area contributed by atoms with Crippen molar-refractivity contribution in [1.82, 2.24) is 5.43 Å². The first kappa shape index (κ1) is 18.5. The Bertz CT molecular complexity index is 752. The molecule has 0 radical (unpaired) electrons. The highest BCUT2D eigenvalue weighted by atomic mass is 16.5. The monoisotopic (exact) mass is 340 g/mol. The van der Waals surface area contributed by atoms with Crippen molar-refractivity contribution in [3.8, 4) is 11.5 Å². The predicted molar refractivity (Wildman–Crippen MR) is 99.4 cm³/mol. The van der Waals surface area contributed by atoms with Crippen LogP contribution in [0.2, 0.25) is 0 Å². The van der Waals surface area contributed by atoms with E-state index in [1.807, 2.05) is 43.3 Å². The van der Waals surface area contributed by atoms with Gasteiger partial charge in [-0.15, -0.1) is 0 Å². The second-order valence-corrected chi connectivity index (χ2v) is 5.65. The van der Waals surface area contributed by atoms with Gasteiger partial charge >= 0.3 is 0 Å². The second kappa shape index (κ2) is 8.87. The molecule has 5 heteroatoms. The molecule has 0 fully saturated rings. The zero-order valence-corrected chi connectivity index (χ0v) is 15.1. The molecule has 0 aromatic heterocycles. The van der Waals surface area contributed by atoms with Gasteiger partial charge in [0.25, 0.3) is 0 Å². The Morgan fingerprint density at radius 1 is 1.04 bits per heavy atom. The number of carbonyl (C=O) groups is 1. The Morgan fingerprint density at radius 3 is 2.32 bits per heavy atom. The first-order chi connectivity index (χ1) is 12.1. The molecular weight excluding hydrogens is 316 g/mol. The van der Waals surface area contributed by atoms with Gasteiger partial charge in [-0.1, -0.05) is 31.2 Å². The molecule has 0 aliphatic heterocycles. The number of carbonyl (C=O) groups excluding carboxylic acids is 1. The van der Waals surface area contributed by atoms with Gasteiger partial charge in [0.15, 0.2) is 0 Å². The predicted octanol–water partition coefficient (Wildman–Crippen LogP) is 3.35. The quantitative estimate of drug-likeness (QED) is 0.621. The highest BCUT2D eigenvalue weighted by molar-refractivity contribution is 6.01. The number of methoxy groups -OCH3 is 2. The fraction of sp³-hybridized carbons (Fsp3) is 0.300. The maximum atomic E-state index is 12.1. The maximum absolute atomic E-state index is 12.1. The topological polar surface area (TPSA) is 59.9 Å². The number of ether oxygens (including phenoxy) is 2. The van der Waals surface area contributed by atoms with Crippen LogP contribution in [0.15, 0.2) is 47.6 Å². The van der Waals surface area contributed by atoms with Crippen LogP contribution in [0.3, 0.4) is 0 Å². The molecule has 0 saturated heterocycles. The molecule has 2 aromatic carbocycles. The summed E-state index contributed by atoms with van der Waals surface area (Å²) in [5.41, 5.74) is 6.28. The lowest BCUT2D eigenvalue weighted by Crippen LogP contribution is -2.21. The number of nitrogens with zero attached hydrogens (tertiary/aromatic N) is 1. The van der Waals surface area contributed by atoms with Gasteiger partial charge in [-0.2, -0.15) is 5.10 Å². The van der Waals surface area contributed by atoms with Crippen LogP contribution in [0.4, 0.5) is 0 Å². The van der Waals surface area contributed by atoms with Crippen molar-refractivity contribution in [1.29, 1.82) is 0 Å². The van der Waals surface area contributed by atoms with Gasteiger partial charge in [0.05, 0.1) is 26.4 Å². The lowest BCUT2D eigenvalue weighted by Gasteiger charge is -2.10. The molecule has 0 saturated carbocycles. The number of hydrazone groups is 1. The number of amides is 1. The van der Waals surface area contributed by atoms with Gasteiger partial charge in [0.2, 0.25) is 5.91 Å². The van der Waals surface area contributed by atoms with E-state index in [1.54, 1.807) is 20.3 Å². The summed E-state index contributed by atoms with van der Waals surface area (Å²) < 4.78 is 10.5. The molecule has 0 bridgehead atoms. The molecule has 0 unspecified atom stereocenters. The zero-order chi connectivity index (χ0) is 18.2. The molecule has 2 aromatic rings. The number of nitrogens with one attached hydrogen (secondary N) is 1. The number of aryl methyl sites for hydroxylation is 1. The van der Waals surface area contributed by atoms with Gasteiger partial charge in [0.1, 0.15) is 11.5 Å². The minimum absolute atomic E-state index is 0.156. The summed E-state index contributed by atoms with van der Waals surface area (Å²) in [6.07, 6.45) is 1.28. The Hall–Kier alpha value is -2.82. The summed E-state index contributed by atoms with van der Waals surface area (Å²) in [5.74, 6) is 1.19. The van der Waals surface area contributed by atoms with Crippen LogP contribution < -0.4 is 14.9 Å². The van der Waals surface area contributed by atoms with E-state index in [9.17, 15) is 4.79 Å². The van der Waals surface area contributed by atoms with Crippen molar-refractivity contribution in [2.24, 2.45) is 5.10 Å². The standard InChI is InChI=1S/C20H24N2O3/c1-5-15-6-8-16(9-7-15)12-20(23)22-21-14(2)18-11-10-17(24-3)13-19(18)25-4/h6-11,13H,5,12H2,1-4H3,(H,22,23)/b21-14-. The minimum Gasteiger partial charge on any atom is -0.497 e. The van der Waals surface area contributed by atoms with Crippen molar-refractivity contribution >= 4 is 11.6 Å². The summed E-state index contributed by atoms with van der Waals surface area (Å²) in [6, 6.07) is 13.5. The zero-order valence-electron chi connectivity index (χ0n) is 15.1. The Labute approximate surface area is 148 Å². The molecule has 0 aliphatic rings. The molecule has 132 valence electrons. The van der Waals surface area contributed by atoms with E-state index in [4.69, 9.17) is 9.47 Å². The molecule has 2 rings (SSSR count). The van der Waals surface area contributed by atoms with Crippen LogP contribution in [-0.2, 0) is 17.6 Å². The van der Waals surface area contributed by atoms with Crippen LogP contribution in [0.25, 0.3) is 0 Å². The first-order valence-electron chi connectivity index (χ1n) is 8.20. The van der Waals surface area contributed by atoms with E-state index in [2.05, 4.69) is 17.5 Å². The van der Waals surface area contributed by atoms with Gasteiger partial charge in [-0.3, -0.25) is 4.79 Å². The average Bonchev–Trinajstić information content (AvgIpc) is 2.66. The molecule has 0 spiro atoms. The Balaban J connectivity index is 2.03. The lowest BCUT2D eigenvalue weighted by atomic mass is 10.1. The molecule has 0 aliphatic carbocycles. The Morgan fingerprint density at radius 2 is 1.72 bits per heavy atom. The SMILES string of the molecule is CCc1ccc(CC(=O)N/N=C(/C)c2ccc(OC)cc2OC)cc1. The normalized spacial score (nSPS) is 11.1. The van der Waals surface area contributed by atoms with E-state index in [1.165, 1.54) is 5.56 Å². The molecule has 1 N–H and O–H groups in total. The summed E-state index contributed by atoms with van der Waals surface area (Å²) in [4.78, 5) is 12.1. The van der Waals surface area contributed by atoms with Crippen molar-refractivity contribution in [3.63, 3.8) is 0 Å².